The fourth-order valence-corrected chi connectivity index (χ4v) is 2.71. The maximum absolute atomic E-state index is 12.0. The van der Waals surface area contributed by atoms with Crippen molar-refractivity contribution >= 4 is 6.03 Å². The van der Waals surface area contributed by atoms with Crippen LogP contribution < -0.4 is 10.6 Å². The number of nitrogens with zero attached hydrogens (tertiary/aromatic N) is 1. The van der Waals surface area contributed by atoms with Crippen molar-refractivity contribution < 1.29 is 24.1 Å². The van der Waals surface area contributed by atoms with Gasteiger partial charge < -0.3 is 34.9 Å². The molecule has 3 N–H and O–H groups in total. The van der Waals surface area contributed by atoms with Gasteiger partial charge >= 0.3 is 6.03 Å². The summed E-state index contributed by atoms with van der Waals surface area (Å²) in [6.45, 7) is 4.49. The van der Waals surface area contributed by atoms with Crippen LogP contribution in [0.1, 0.15) is 0 Å². The molecule has 3 rings (SSSR count). The highest BCUT2D eigenvalue weighted by Gasteiger charge is 2.38. The molecule has 0 spiro atoms. The lowest BCUT2D eigenvalue weighted by molar-refractivity contribution is -0.0166. The van der Waals surface area contributed by atoms with E-state index in [0.29, 0.717) is 58.7 Å². The lowest BCUT2D eigenvalue weighted by atomic mass is 10.1. The van der Waals surface area contributed by atoms with Crippen molar-refractivity contribution in [1.82, 2.24) is 15.5 Å². The van der Waals surface area contributed by atoms with Gasteiger partial charge in [-0.25, -0.2) is 4.79 Å². The molecule has 3 heterocycles. The largest absolute Gasteiger partial charge is 0.389 e. The Morgan fingerprint density at radius 2 is 1.95 bits per heavy atom. The summed E-state index contributed by atoms with van der Waals surface area (Å²) in [5.41, 5.74) is 0. The van der Waals surface area contributed by atoms with E-state index in [9.17, 15) is 9.90 Å². The predicted octanol–water partition coefficient (Wildman–Crippen LogP) is -1.86. The topological polar surface area (TPSA) is 92.3 Å². The van der Waals surface area contributed by atoms with Gasteiger partial charge in [-0.1, -0.05) is 0 Å². The lowest BCUT2D eigenvalue weighted by Crippen LogP contribution is -2.55. The Kier molecular flexibility index (Phi) is 4.91. The summed E-state index contributed by atoms with van der Waals surface area (Å²) in [7, 11) is 0. The van der Waals surface area contributed by atoms with Gasteiger partial charge in [-0.15, -0.1) is 0 Å². The number of urea groups is 1. The Balaban J connectivity index is 1.39. The van der Waals surface area contributed by atoms with Gasteiger partial charge in [0.25, 0.3) is 0 Å². The molecule has 0 aromatic rings. The molecule has 3 aliphatic heterocycles. The molecule has 0 radical (unpaired) electrons. The third-order valence-corrected chi connectivity index (χ3v) is 4.12. The second-order valence-corrected chi connectivity index (χ2v) is 5.66. The summed E-state index contributed by atoms with van der Waals surface area (Å²) in [4.78, 5) is 13.7. The Labute approximate surface area is 123 Å². The maximum atomic E-state index is 12.0. The second-order valence-electron chi connectivity index (χ2n) is 5.66. The van der Waals surface area contributed by atoms with Gasteiger partial charge in [0.05, 0.1) is 51.2 Å². The predicted molar refractivity (Wildman–Crippen MR) is 73.1 cm³/mol. The Bertz CT molecular complexity index is 360. The van der Waals surface area contributed by atoms with Crippen LogP contribution in [-0.2, 0) is 14.2 Å². The smallest absolute Gasteiger partial charge is 0.317 e. The summed E-state index contributed by atoms with van der Waals surface area (Å²) in [6, 6.07) is 0.0806. The molecule has 120 valence electrons. The number of ether oxygens (including phenoxy) is 3. The normalized spacial score (nSPS) is 33.8. The molecular formula is C13H23N3O5. The number of carbonyl (C=O) groups is 1. The number of hydrogen-bond donors (Lipinski definition) is 3. The van der Waals surface area contributed by atoms with E-state index in [0.717, 1.165) is 0 Å². The van der Waals surface area contributed by atoms with E-state index in [1.54, 1.807) is 4.90 Å². The number of aliphatic hydroxyl groups is 1. The van der Waals surface area contributed by atoms with Crippen LogP contribution in [-0.4, -0.2) is 93.0 Å². The van der Waals surface area contributed by atoms with Crippen molar-refractivity contribution in [2.75, 3.05) is 52.7 Å². The SMILES string of the molecule is O=C(NC[C@H]1OC[C@@H](NC2COC2)[C@@H]1O)N1CCOCC1. The maximum Gasteiger partial charge on any atom is 0.317 e. The molecule has 3 atom stereocenters. The van der Waals surface area contributed by atoms with E-state index >= 15 is 0 Å². The standard InChI is InChI=1S/C13H23N3O5/c17-12-10(15-9-6-20-7-9)8-21-11(12)5-14-13(18)16-1-3-19-4-2-16/h9-12,15,17H,1-8H2,(H,14,18)/t10-,11-,12+/m1/s1. The number of morpholine rings is 1. The first-order chi connectivity index (χ1) is 10.2. The average Bonchev–Trinajstić information content (AvgIpc) is 2.82. The van der Waals surface area contributed by atoms with Gasteiger partial charge in [0, 0.05) is 19.6 Å². The van der Waals surface area contributed by atoms with Crippen molar-refractivity contribution in [3.8, 4) is 0 Å². The molecule has 3 saturated heterocycles. The van der Waals surface area contributed by atoms with Crippen molar-refractivity contribution in [2.45, 2.75) is 24.3 Å². The van der Waals surface area contributed by atoms with Crippen LogP contribution in [0.2, 0.25) is 0 Å². The van der Waals surface area contributed by atoms with Crippen LogP contribution in [0.15, 0.2) is 0 Å². The van der Waals surface area contributed by atoms with Crippen LogP contribution >= 0.6 is 0 Å². The molecule has 0 bridgehead atoms. The molecule has 0 aromatic heterocycles. The zero-order valence-electron chi connectivity index (χ0n) is 12.0. The monoisotopic (exact) mass is 301 g/mol. The highest BCUT2D eigenvalue weighted by atomic mass is 16.5. The van der Waals surface area contributed by atoms with Gasteiger partial charge in [0.2, 0.25) is 0 Å². The summed E-state index contributed by atoms with van der Waals surface area (Å²) in [5.74, 6) is 0. The Morgan fingerprint density at radius 3 is 2.62 bits per heavy atom. The minimum atomic E-state index is -0.615. The van der Waals surface area contributed by atoms with Crippen LogP contribution in [0.25, 0.3) is 0 Å². The third kappa shape index (κ3) is 3.64. The fourth-order valence-electron chi connectivity index (χ4n) is 2.71. The molecule has 3 fully saturated rings. The molecule has 8 heteroatoms. The molecule has 0 unspecified atom stereocenters. The number of nitrogens with one attached hydrogen (secondary N) is 2. The van der Waals surface area contributed by atoms with Crippen molar-refractivity contribution in [3.63, 3.8) is 0 Å². The highest BCUT2D eigenvalue weighted by molar-refractivity contribution is 5.74. The van der Waals surface area contributed by atoms with Crippen LogP contribution in [0.4, 0.5) is 4.79 Å². The number of carbonyl (C=O) groups excluding carboxylic acids is 1. The summed E-state index contributed by atoms with van der Waals surface area (Å²) >= 11 is 0. The van der Waals surface area contributed by atoms with Crippen molar-refractivity contribution in [1.29, 1.82) is 0 Å². The first kappa shape index (κ1) is 15.0. The number of hydrogen-bond acceptors (Lipinski definition) is 6. The molecule has 8 nitrogen and oxygen atoms in total. The number of amides is 2. The van der Waals surface area contributed by atoms with E-state index < -0.39 is 6.10 Å². The number of rotatable bonds is 4. The van der Waals surface area contributed by atoms with Crippen molar-refractivity contribution in [3.05, 3.63) is 0 Å². The van der Waals surface area contributed by atoms with Gasteiger partial charge in [-0.2, -0.15) is 0 Å². The first-order valence-electron chi connectivity index (χ1n) is 7.48. The molecule has 0 saturated carbocycles. The highest BCUT2D eigenvalue weighted by Crippen LogP contribution is 2.16. The van der Waals surface area contributed by atoms with Gasteiger partial charge in [0.1, 0.15) is 6.10 Å². The van der Waals surface area contributed by atoms with E-state index in [1.807, 2.05) is 0 Å². The van der Waals surface area contributed by atoms with Crippen molar-refractivity contribution in [2.24, 2.45) is 0 Å². The minimum absolute atomic E-state index is 0.0933. The molecule has 3 aliphatic rings. The fraction of sp³-hybridized carbons (Fsp3) is 0.923. The van der Waals surface area contributed by atoms with Crippen LogP contribution in [0, 0.1) is 0 Å². The zero-order chi connectivity index (χ0) is 14.7. The number of aliphatic hydroxyl groups excluding tert-OH is 1. The molecular weight excluding hydrogens is 278 g/mol. The molecule has 21 heavy (non-hydrogen) atoms. The van der Waals surface area contributed by atoms with E-state index in [2.05, 4.69) is 10.6 Å². The summed E-state index contributed by atoms with van der Waals surface area (Å²) < 4.78 is 15.9. The summed E-state index contributed by atoms with van der Waals surface area (Å²) in [5, 5.41) is 16.4. The lowest BCUT2D eigenvalue weighted by Gasteiger charge is -2.31. The minimum Gasteiger partial charge on any atom is -0.389 e. The van der Waals surface area contributed by atoms with Gasteiger partial charge in [-0.05, 0) is 0 Å². The molecule has 2 amide bonds. The Morgan fingerprint density at radius 1 is 1.19 bits per heavy atom. The first-order valence-corrected chi connectivity index (χ1v) is 7.48. The van der Waals surface area contributed by atoms with Crippen LogP contribution in [0.5, 0.6) is 0 Å². The van der Waals surface area contributed by atoms with E-state index in [1.165, 1.54) is 0 Å². The quantitative estimate of drug-likeness (QED) is 0.564. The average molecular weight is 301 g/mol. The third-order valence-electron chi connectivity index (χ3n) is 4.12. The summed E-state index contributed by atoms with van der Waals surface area (Å²) in [6.07, 6.45) is -0.982. The van der Waals surface area contributed by atoms with E-state index in [-0.39, 0.29) is 18.2 Å². The van der Waals surface area contributed by atoms with Crippen LogP contribution in [0.3, 0.4) is 0 Å². The van der Waals surface area contributed by atoms with Gasteiger partial charge in [0.15, 0.2) is 0 Å². The second kappa shape index (κ2) is 6.89. The molecule has 0 aliphatic carbocycles. The van der Waals surface area contributed by atoms with Gasteiger partial charge in [-0.3, -0.25) is 0 Å². The zero-order valence-corrected chi connectivity index (χ0v) is 12.0. The van der Waals surface area contributed by atoms with E-state index in [4.69, 9.17) is 14.2 Å². The Hall–Kier alpha value is -0.930. The molecule has 0 aromatic carbocycles.